The number of aromatic nitrogens is 1. The first-order valence-electron chi connectivity index (χ1n) is 8.27. The normalized spacial score (nSPS) is 10.5. The van der Waals surface area contributed by atoms with Crippen LogP contribution in [0.15, 0.2) is 47.5 Å². The van der Waals surface area contributed by atoms with Gasteiger partial charge in [0.05, 0.1) is 16.8 Å². The number of aryl methyl sites for hydroxylation is 3. The standard InChI is InChI=1S/C21H19N3OS/c1-13-4-6-18(7-5-13)23-20(25)12-26-21-17(11-22)10-16-8-14(2)15(3)9-19(16)24-21/h4-10H,12H2,1-3H3,(H,23,25). The Bertz CT molecular complexity index is 1020. The SMILES string of the molecule is Cc1ccc(NC(=O)CSc2nc3cc(C)c(C)cc3cc2C#N)cc1. The third-order valence-electron chi connectivity index (χ3n) is 4.19. The van der Waals surface area contributed by atoms with Crippen molar-refractivity contribution >= 4 is 34.3 Å². The van der Waals surface area contributed by atoms with E-state index in [1.54, 1.807) is 0 Å². The molecule has 0 aliphatic rings. The molecule has 3 aromatic rings. The molecule has 0 atom stereocenters. The monoisotopic (exact) mass is 361 g/mol. The molecule has 130 valence electrons. The second-order valence-corrected chi connectivity index (χ2v) is 7.25. The van der Waals surface area contributed by atoms with Crippen molar-refractivity contribution < 1.29 is 4.79 Å². The third-order valence-corrected chi connectivity index (χ3v) is 5.18. The van der Waals surface area contributed by atoms with Gasteiger partial charge < -0.3 is 5.32 Å². The Morgan fingerprint density at radius 3 is 2.50 bits per heavy atom. The van der Waals surface area contributed by atoms with Gasteiger partial charge >= 0.3 is 0 Å². The Morgan fingerprint density at radius 2 is 1.81 bits per heavy atom. The lowest BCUT2D eigenvalue weighted by molar-refractivity contribution is -0.113. The molecule has 0 bridgehead atoms. The number of nitrogens with zero attached hydrogens (tertiary/aromatic N) is 2. The molecule has 3 rings (SSSR count). The van der Waals surface area contributed by atoms with Crippen molar-refractivity contribution in [1.82, 2.24) is 4.98 Å². The van der Waals surface area contributed by atoms with Crippen molar-refractivity contribution in [3.05, 3.63) is 64.7 Å². The molecule has 0 saturated heterocycles. The highest BCUT2D eigenvalue weighted by Crippen LogP contribution is 2.26. The highest BCUT2D eigenvalue weighted by atomic mass is 32.2. The van der Waals surface area contributed by atoms with Gasteiger partial charge in [0.2, 0.25) is 5.91 Å². The summed E-state index contributed by atoms with van der Waals surface area (Å²) < 4.78 is 0. The summed E-state index contributed by atoms with van der Waals surface area (Å²) in [5, 5.41) is 13.8. The Kier molecular flexibility index (Phi) is 5.24. The molecule has 1 amide bonds. The van der Waals surface area contributed by atoms with Crippen LogP contribution in [0.5, 0.6) is 0 Å². The molecule has 0 radical (unpaired) electrons. The molecule has 0 unspecified atom stereocenters. The van der Waals surface area contributed by atoms with Gasteiger partial charge in [-0.2, -0.15) is 5.26 Å². The largest absolute Gasteiger partial charge is 0.325 e. The fourth-order valence-electron chi connectivity index (χ4n) is 2.58. The summed E-state index contributed by atoms with van der Waals surface area (Å²) in [6, 6.07) is 15.7. The number of benzene rings is 2. The van der Waals surface area contributed by atoms with Crippen molar-refractivity contribution in [2.45, 2.75) is 25.8 Å². The number of hydrogen-bond donors (Lipinski definition) is 1. The maximum atomic E-state index is 12.2. The number of nitriles is 1. The van der Waals surface area contributed by atoms with Crippen LogP contribution < -0.4 is 5.32 Å². The van der Waals surface area contributed by atoms with Crippen LogP contribution in [0.25, 0.3) is 10.9 Å². The van der Waals surface area contributed by atoms with Gasteiger partial charge in [-0.25, -0.2) is 4.98 Å². The van der Waals surface area contributed by atoms with Gasteiger partial charge in [0.15, 0.2) is 0 Å². The summed E-state index contributed by atoms with van der Waals surface area (Å²) in [6.07, 6.45) is 0. The van der Waals surface area contributed by atoms with E-state index in [-0.39, 0.29) is 11.7 Å². The number of anilines is 1. The molecular formula is C21H19N3OS. The van der Waals surface area contributed by atoms with Crippen LogP contribution in [-0.4, -0.2) is 16.6 Å². The maximum absolute atomic E-state index is 12.2. The van der Waals surface area contributed by atoms with Crippen molar-refractivity contribution in [2.24, 2.45) is 0 Å². The van der Waals surface area contributed by atoms with Gasteiger partial charge in [0.25, 0.3) is 0 Å². The minimum Gasteiger partial charge on any atom is -0.325 e. The number of amides is 1. The minimum absolute atomic E-state index is 0.121. The molecular weight excluding hydrogens is 342 g/mol. The second kappa shape index (κ2) is 7.59. The predicted octanol–water partition coefficient (Wildman–Crippen LogP) is 4.76. The maximum Gasteiger partial charge on any atom is 0.234 e. The average Bonchev–Trinajstić information content (AvgIpc) is 2.62. The lowest BCUT2D eigenvalue weighted by Gasteiger charge is -2.09. The summed E-state index contributed by atoms with van der Waals surface area (Å²) in [4.78, 5) is 16.8. The summed E-state index contributed by atoms with van der Waals surface area (Å²) in [5.41, 5.74) is 5.56. The van der Waals surface area contributed by atoms with E-state index in [4.69, 9.17) is 0 Å². The second-order valence-electron chi connectivity index (χ2n) is 6.28. The van der Waals surface area contributed by atoms with Crippen LogP contribution in [0.2, 0.25) is 0 Å². The lowest BCUT2D eigenvalue weighted by atomic mass is 10.1. The zero-order chi connectivity index (χ0) is 18.7. The van der Waals surface area contributed by atoms with Gasteiger partial charge in [-0.3, -0.25) is 4.79 Å². The Morgan fingerprint density at radius 1 is 1.12 bits per heavy atom. The molecule has 2 aromatic carbocycles. The van der Waals surface area contributed by atoms with Gasteiger partial charge in [-0.15, -0.1) is 0 Å². The van der Waals surface area contributed by atoms with Crippen LogP contribution in [-0.2, 0) is 4.79 Å². The zero-order valence-electron chi connectivity index (χ0n) is 15.0. The lowest BCUT2D eigenvalue weighted by Crippen LogP contribution is -2.14. The quantitative estimate of drug-likeness (QED) is 0.680. The van der Waals surface area contributed by atoms with Gasteiger partial charge in [-0.1, -0.05) is 29.5 Å². The highest BCUT2D eigenvalue weighted by molar-refractivity contribution is 8.00. The summed E-state index contributed by atoms with van der Waals surface area (Å²) >= 11 is 1.28. The average molecular weight is 361 g/mol. The number of carbonyl (C=O) groups excluding carboxylic acids is 1. The first-order chi connectivity index (χ1) is 12.5. The number of nitrogens with one attached hydrogen (secondary N) is 1. The van der Waals surface area contributed by atoms with Crippen LogP contribution in [0.1, 0.15) is 22.3 Å². The van der Waals surface area contributed by atoms with Gasteiger partial charge in [0.1, 0.15) is 11.1 Å². The number of carbonyl (C=O) groups is 1. The highest BCUT2D eigenvalue weighted by Gasteiger charge is 2.11. The molecule has 4 nitrogen and oxygen atoms in total. The number of fused-ring (bicyclic) bond motifs is 1. The summed E-state index contributed by atoms with van der Waals surface area (Å²) in [5.74, 6) is 0.0797. The summed E-state index contributed by atoms with van der Waals surface area (Å²) in [7, 11) is 0. The fourth-order valence-corrected chi connectivity index (χ4v) is 3.34. The topological polar surface area (TPSA) is 65.8 Å². The summed E-state index contributed by atoms with van der Waals surface area (Å²) in [6.45, 7) is 6.08. The molecule has 0 aliphatic heterocycles. The zero-order valence-corrected chi connectivity index (χ0v) is 15.8. The van der Waals surface area contributed by atoms with E-state index in [1.807, 2.05) is 63.2 Å². The van der Waals surface area contributed by atoms with Gasteiger partial charge in [0, 0.05) is 11.1 Å². The number of hydrogen-bond acceptors (Lipinski definition) is 4. The van der Waals surface area contributed by atoms with E-state index in [9.17, 15) is 10.1 Å². The van der Waals surface area contributed by atoms with E-state index in [0.717, 1.165) is 27.7 Å². The molecule has 1 N–H and O–H groups in total. The third kappa shape index (κ3) is 4.04. The first kappa shape index (κ1) is 18.0. The first-order valence-corrected chi connectivity index (χ1v) is 9.26. The fraction of sp³-hybridized carbons (Fsp3) is 0.190. The molecule has 1 aromatic heterocycles. The number of pyridine rings is 1. The van der Waals surface area contributed by atoms with E-state index in [1.165, 1.54) is 17.3 Å². The van der Waals surface area contributed by atoms with E-state index in [2.05, 4.69) is 16.4 Å². The van der Waals surface area contributed by atoms with Crippen molar-refractivity contribution in [3.63, 3.8) is 0 Å². The van der Waals surface area contributed by atoms with Crippen molar-refractivity contribution in [2.75, 3.05) is 11.1 Å². The Hall–Kier alpha value is -2.84. The number of thioether (sulfide) groups is 1. The molecule has 0 saturated carbocycles. The molecule has 0 fully saturated rings. The van der Waals surface area contributed by atoms with E-state index >= 15 is 0 Å². The number of rotatable bonds is 4. The molecule has 5 heteroatoms. The predicted molar refractivity (Wildman–Crippen MR) is 106 cm³/mol. The molecule has 1 heterocycles. The smallest absolute Gasteiger partial charge is 0.234 e. The molecule has 0 spiro atoms. The van der Waals surface area contributed by atoms with E-state index in [0.29, 0.717) is 10.6 Å². The Balaban J connectivity index is 1.77. The van der Waals surface area contributed by atoms with Crippen molar-refractivity contribution in [3.8, 4) is 6.07 Å². The van der Waals surface area contributed by atoms with Crippen molar-refractivity contribution in [1.29, 1.82) is 5.26 Å². The van der Waals surface area contributed by atoms with Crippen LogP contribution in [0.4, 0.5) is 5.69 Å². The molecule has 26 heavy (non-hydrogen) atoms. The van der Waals surface area contributed by atoms with E-state index < -0.39 is 0 Å². The Labute approximate surface area is 157 Å². The van der Waals surface area contributed by atoms with Crippen LogP contribution in [0, 0.1) is 32.1 Å². The molecule has 0 aliphatic carbocycles. The van der Waals surface area contributed by atoms with Crippen LogP contribution >= 0.6 is 11.8 Å². The van der Waals surface area contributed by atoms with Gasteiger partial charge in [-0.05, 0) is 62.2 Å². The van der Waals surface area contributed by atoms with Crippen LogP contribution in [0.3, 0.4) is 0 Å². The minimum atomic E-state index is -0.121.